The Kier molecular flexibility index (Phi) is 3.87. The second kappa shape index (κ2) is 5.79. The zero-order chi connectivity index (χ0) is 13.9. The molecule has 2 fully saturated rings. The fourth-order valence-electron chi connectivity index (χ4n) is 3.27. The summed E-state index contributed by atoms with van der Waals surface area (Å²) >= 11 is 0. The molecule has 5 nitrogen and oxygen atoms in total. The van der Waals surface area contributed by atoms with Crippen LogP contribution < -0.4 is 0 Å². The van der Waals surface area contributed by atoms with E-state index >= 15 is 0 Å². The number of pyridine rings is 1. The molecule has 1 saturated carbocycles. The van der Waals surface area contributed by atoms with Crippen molar-refractivity contribution in [1.29, 1.82) is 0 Å². The van der Waals surface area contributed by atoms with Gasteiger partial charge in [-0.25, -0.2) is 4.98 Å². The highest BCUT2D eigenvalue weighted by Gasteiger charge is 2.29. The number of hydrogen-bond acceptors (Lipinski definition) is 4. The van der Waals surface area contributed by atoms with Crippen molar-refractivity contribution in [3.8, 4) is 5.75 Å². The molecule has 1 N–H and O–H groups in total. The molecule has 0 atom stereocenters. The van der Waals surface area contributed by atoms with Crippen molar-refractivity contribution in [2.45, 2.75) is 31.7 Å². The lowest BCUT2D eigenvalue weighted by atomic mass is 10.1. The molecule has 0 unspecified atom stereocenters. The molecule has 108 valence electrons. The van der Waals surface area contributed by atoms with E-state index in [-0.39, 0.29) is 17.4 Å². The van der Waals surface area contributed by atoms with Gasteiger partial charge in [-0.05, 0) is 25.0 Å². The van der Waals surface area contributed by atoms with Crippen LogP contribution in [-0.2, 0) is 0 Å². The van der Waals surface area contributed by atoms with Crippen LogP contribution in [0.1, 0.15) is 36.2 Å². The number of nitrogens with zero attached hydrogens (tertiary/aromatic N) is 3. The number of hydrogen-bond donors (Lipinski definition) is 1. The lowest BCUT2D eigenvalue weighted by molar-refractivity contribution is 0.0565. The summed E-state index contributed by atoms with van der Waals surface area (Å²) in [6.45, 7) is 3.32. The molecular weight excluding hydrogens is 254 g/mol. The van der Waals surface area contributed by atoms with Gasteiger partial charge in [0.1, 0.15) is 5.75 Å². The summed E-state index contributed by atoms with van der Waals surface area (Å²) in [4.78, 5) is 20.6. The van der Waals surface area contributed by atoms with Crippen molar-refractivity contribution in [2.75, 3.05) is 26.2 Å². The third kappa shape index (κ3) is 2.63. The molecule has 3 rings (SSSR count). The number of piperazine rings is 1. The van der Waals surface area contributed by atoms with Gasteiger partial charge < -0.3 is 10.0 Å². The van der Waals surface area contributed by atoms with Gasteiger partial charge in [-0.1, -0.05) is 12.8 Å². The molecule has 20 heavy (non-hydrogen) atoms. The summed E-state index contributed by atoms with van der Waals surface area (Å²) < 4.78 is 0. The summed E-state index contributed by atoms with van der Waals surface area (Å²) in [5.41, 5.74) is 0.168. The molecule has 1 aromatic rings. The average molecular weight is 275 g/mol. The number of carbonyl (C=O) groups excluding carboxylic acids is 1. The van der Waals surface area contributed by atoms with Gasteiger partial charge in [-0.3, -0.25) is 9.69 Å². The van der Waals surface area contributed by atoms with Gasteiger partial charge in [0, 0.05) is 38.4 Å². The number of aromatic nitrogens is 1. The molecule has 1 saturated heterocycles. The molecule has 2 heterocycles. The van der Waals surface area contributed by atoms with Crippen LogP contribution in [0.5, 0.6) is 5.75 Å². The van der Waals surface area contributed by atoms with E-state index in [0.717, 1.165) is 32.2 Å². The van der Waals surface area contributed by atoms with Crippen molar-refractivity contribution >= 4 is 5.91 Å². The SMILES string of the molecule is O=C(c1ncccc1O)N1CCN(C2CCCC2)CC1. The largest absolute Gasteiger partial charge is 0.505 e. The van der Waals surface area contributed by atoms with Crippen LogP contribution in [0.4, 0.5) is 0 Å². The molecule has 1 aromatic heterocycles. The summed E-state index contributed by atoms with van der Waals surface area (Å²) in [7, 11) is 0. The summed E-state index contributed by atoms with van der Waals surface area (Å²) in [5, 5.41) is 9.72. The van der Waals surface area contributed by atoms with Crippen LogP contribution >= 0.6 is 0 Å². The van der Waals surface area contributed by atoms with Gasteiger partial charge in [0.15, 0.2) is 5.69 Å². The maximum atomic E-state index is 12.3. The average Bonchev–Trinajstić information content (AvgIpc) is 3.01. The fourth-order valence-corrected chi connectivity index (χ4v) is 3.27. The molecule has 5 heteroatoms. The van der Waals surface area contributed by atoms with Gasteiger partial charge >= 0.3 is 0 Å². The molecule has 0 radical (unpaired) electrons. The van der Waals surface area contributed by atoms with Crippen LogP contribution in [-0.4, -0.2) is 58.0 Å². The molecule has 1 aliphatic heterocycles. The molecule has 1 amide bonds. The van der Waals surface area contributed by atoms with Crippen LogP contribution in [0.25, 0.3) is 0 Å². The molecule has 0 bridgehead atoms. The normalized spacial score (nSPS) is 21.3. The Morgan fingerprint density at radius 3 is 2.55 bits per heavy atom. The van der Waals surface area contributed by atoms with E-state index in [0.29, 0.717) is 0 Å². The van der Waals surface area contributed by atoms with E-state index in [2.05, 4.69) is 9.88 Å². The minimum Gasteiger partial charge on any atom is -0.505 e. The molecule has 0 spiro atoms. The van der Waals surface area contributed by atoms with Crippen molar-refractivity contribution in [1.82, 2.24) is 14.8 Å². The van der Waals surface area contributed by atoms with E-state index in [1.54, 1.807) is 17.2 Å². The third-order valence-electron chi connectivity index (χ3n) is 4.43. The smallest absolute Gasteiger partial charge is 0.276 e. The molecule has 0 aromatic carbocycles. The van der Waals surface area contributed by atoms with Gasteiger partial charge in [-0.15, -0.1) is 0 Å². The summed E-state index contributed by atoms with van der Waals surface area (Å²) in [6.07, 6.45) is 6.82. The Labute approximate surface area is 119 Å². The first-order chi connectivity index (χ1) is 9.75. The predicted molar refractivity (Wildman–Crippen MR) is 75.6 cm³/mol. The van der Waals surface area contributed by atoms with Crippen LogP contribution in [0.2, 0.25) is 0 Å². The first kappa shape index (κ1) is 13.4. The van der Waals surface area contributed by atoms with Gasteiger partial charge in [0.25, 0.3) is 5.91 Å². The predicted octanol–water partition coefficient (Wildman–Crippen LogP) is 1.49. The monoisotopic (exact) mass is 275 g/mol. The lowest BCUT2D eigenvalue weighted by Crippen LogP contribution is -2.51. The van der Waals surface area contributed by atoms with Crippen molar-refractivity contribution in [3.63, 3.8) is 0 Å². The van der Waals surface area contributed by atoms with Gasteiger partial charge in [0.05, 0.1) is 0 Å². The highest BCUT2D eigenvalue weighted by molar-refractivity contribution is 5.94. The summed E-state index contributed by atoms with van der Waals surface area (Å²) in [5.74, 6) is -0.190. The minimum absolute atomic E-state index is 0.0317. The van der Waals surface area contributed by atoms with Gasteiger partial charge in [0.2, 0.25) is 0 Å². The van der Waals surface area contributed by atoms with E-state index in [1.165, 1.54) is 31.7 Å². The topological polar surface area (TPSA) is 56.7 Å². The highest BCUT2D eigenvalue weighted by Crippen LogP contribution is 2.25. The van der Waals surface area contributed by atoms with Gasteiger partial charge in [-0.2, -0.15) is 0 Å². The van der Waals surface area contributed by atoms with Crippen LogP contribution in [0, 0.1) is 0 Å². The third-order valence-corrected chi connectivity index (χ3v) is 4.43. The van der Waals surface area contributed by atoms with E-state index in [4.69, 9.17) is 0 Å². The highest BCUT2D eigenvalue weighted by atomic mass is 16.3. The molecule has 2 aliphatic rings. The maximum absolute atomic E-state index is 12.3. The van der Waals surface area contributed by atoms with Crippen molar-refractivity contribution < 1.29 is 9.90 Å². The Hall–Kier alpha value is -1.62. The molecular formula is C15H21N3O2. The second-order valence-electron chi connectivity index (χ2n) is 5.64. The van der Waals surface area contributed by atoms with Crippen LogP contribution in [0.15, 0.2) is 18.3 Å². The zero-order valence-corrected chi connectivity index (χ0v) is 11.7. The van der Waals surface area contributed by atoms with E-state index in [1.807, 2.05) is 0 Å². The van der Waals surface area contributed by atoms with Crippen molar-refractivity contribution in [3.05, 3.63) is 24.0 Å². The lowest BCUT2D eigenvalue weighted by Gasteiger charge is -2.37. The zero-order valence-electron chi connectivity index (χ0n) is 11.7. The fraction of sp³-hybridized carbons (Fsp3) is 0.600. The number of rotatable bonds is 2. The maximum Gasteiger partial charge on any atom is 0.276 e. The van der Waals surface area contributed by atoms with Crippen molar-refractivity contribution in [2.24, 2.45) is 0 Å². The Bertz CT molecular complexity index is 478. The number of aromatic hydroxyl groups is 1. The summed E-state index contributed by atoms with van der Waals surface area (Å²) in [6, 6.07) is 3.86. The standard InChI is InChI=1S/C15H21N3O2/c19-13-6-3-7-16-14(13)15(20)18-10-8-17(9-11-18)12-4-1-2-5-12/h3,6-7,12,19H,1-2,4-5,8-11H2. The second-order valence-corrected chi connectivity index (χ2v) is 5.64. The first-order valence-corrected chi connectivity index (χ1v) is 7.43. The van der Waals surface area contributed by atoms with E-state index in [9.17, 15) is 9.90 Å². The number of carbonyl (C=O) groups is 1. The Balaban J connectivity index is 1.60. The Morgan fingerprint density at radius 2 is 1.90 bits per heavy atom. The minimum atomic E-state index is -0.158. The molecule has 1 aliphatic carbocycles. The van der Waals surface area contributed by atoms with Crippen LogP contribution in [0.3, 0.4) is 0 Å². The number of amides is 1. The first-order valence-electron chi connectivity index (χ1n) is 7.43. The van der Waals surface area contributed by atoms with E-state index < -0.39 is 0 Å². The Morgan fingerprint density at radius 1 is 1.20 bits per heavy atom. The quantitative estimate of drug-likeness (QED) is 0.888.